The number of aryl methyl sites for hydroxylation is 1. The lowest BCUT2D eigenvalue weighted by Gasteiger charge is -1.99. The number of hydrogen-bond donors (Lipinski definition) is 0. The molecule has 0 fully saturated rings. The third-order valence-corrected chi connectivity index (χ3v) is 1.80. The summed E-state index contributed by atoms with van der Waals surface area (Å²) in [5, 5.41) is 0. The van der Waals surface area contributed by atoms with E-state index in [9.17, 15) is 0 Å². The monoisotopic (exact) mass is 169 g/mol. The zero-order valence-electron chi connectivity index (χ0n) is 7.36. The molecule has 2 rings (SSSR count). The Bertz CT molecular complexity index is 396. The maximum absolute atomic E-state index is 4.24. The number of nitrogens with zero attached hydrogens (tertiary/aromatic N) is 2. The highest BCUT2D eigenvalue weighted by atomic mass is 14.7. The fourth-order valence-corrected chi connectivity index (χ4v) is 1.15. The van der Waals surface area contributed by atoms with Crippen molar-refractivity contribution in [1.82, 2.24) is 9.97 Å². The van der Waals surface area contributed by atoms with Crippen LogP contribution in [0.1, 0.15) is 5.56 Å². The van der Waals surface area contributed by atoms with Crippen molar-refractivity contribution in [2.45, 2.75) is 6.92 Å². The largest absolute Gasteiger partial charge is 0.256 e. The van der Waals surface area contributed by atoms with Crippen LogP contribution in [0.15, 0.2) is 36.7 Å². The molecule has 2 aromatic heterocycles. The van der Waals surface area contributed by atoms with Gasteiger partial charge >= 0.3 is 0 Å². The van der Waals surface area contributed by atoms with Gasteiger partial charge in [0.15, 0.2) is 0 Å². The molecule has 2 nitrogen and oxygen atoms in total. The van der Waals surface area contributed by atoms with E-state index in [1.165, 1.54) is 5.56 Å². The average molecular weight is 169 g/mol. The molecule has 0 saturated heterocycles. The van der Waals surface area contributed by atoms with Crippen LogP contribution in [0.3, 0.4) is 0 Å². The van der Waals surface area contributed by atoms with Crippen LogP contribution in [0, 0.1) is 13.1 Å². The smallest absolute Gasteiger partial charge is 0.0987 e. The molecule has 0 atom stereocenters. The Morgan fingerprint density at radius 2 is 2.15 bits per heavy atom. The van der Waals surface area contributed by atoms with E-state index in [0.717, 1.165) is 11.3 Å². The van der Waals surface area contributed by atoms with Gasteiger partial charge in [-0.3, -0.25) is 9.97 Å². The number of hydrogen-bond acceptors (Lipinski definition) is 2. The Morgan fingerprint density at radius 3 is 2.85 bits per heavy atom. The van der Waals surface area contributed by atoms with E-state index < -0.39 is 0 Å². The SMILES string of the molecule is Cc1ccnc(-c2[c]nccc2)c1. The minimum Gasteiger partial charge on any atom is -0.256 e. The van der Waals surface area contributed by atoms with Crippen molar-refractivity contribution < 1.29 is 0 Å². The van der Waals surface area contributed by atoms with Crippen molar-refractivity contribution in [3.63, 3.8) is 0 Å². The van der Waals surface area contributed by atoms with Crippen LogP contribution in [0.25, 0.3) is 11.3 Å². The second-order valence-corrected chi connectivity index (χ2v) is 2.88. The predicted molar refractivity (Wildman–Crippen MR) is 51.0 cm³/mol. The zero-order valence-corrected chi connectivity index (χ0v) is 7.36. The molecule has 63 valence electrons. The lowest BCUT2D eigenvalue weighted by atomic mass is 10.1. The number of pyridine rings is 2. The van der Waals surface area contributed by atoms with Crippen molar-refractivity contribution >= 4 is 0 Å². The summed E-state index contributed by atoms with van der Waals surface area (Å²) in [7, 11) is 0. The number of rotatable bonds is 1. The topological polar surface area (TPSA) is 25.8 Å². The van der Waals surface area contributed by atoms with Crippen LogP contribution in [-0.2, 0) is 0 Å². The molecule has 0 aliphatic rings. The standard InChI is InChI=1S/C11H9N2/c1-9-4-6-13-11(7-9)10-3-2-5-12-8-10/h2-7H,1H3. The molecule has 0 amide bonds. The van der Waals surface area contributed by atoms with Gasteiger partial charge in [-0.1, -0.05) is 0 Å². The van der Waals surface area contributed by atoms with E-state index in [2.05, 4.69) is 16.2 Å². The maximum atomic E-state index is 4.24. The van der Waals surface area contributed by atoms with E-state index in [-0.39, 0.29) is 0 Å². The van der Waals surface area contributed by atoms with E-state index in [0.29, 0.717) is 0 Å². The van der Waals surface area contributed by atoms with Crippen LogP contribution in [-0.4, -0.2) is 9.97 Å². The molecular formula is C11H9N2. The quantitative estimate of drug-likeness (QED) is 0.654. The van der Waals surface area contributed by atoms with E-state index in [1.54, 1.807) is 12.4 Å². The summed E-state index contributed by atoms with van der Waals surface area (Å²) < 4.78 is 0. The van der Waals surface area contributed by atoms with Crippen LogP contribution >= 0.6 is 0 Å². The normalized spacial score (nSPS) is 9.92. The predicted octanol–water partition coefficient (Wildman–Crippen LogP) is 2.25. The first-order chi connectivity index (χ1) is 6.36. The summed E-state index contributed by atoms with van der Waals surface area (Å²) in [6, 6.07) is 7.83. The summed E-state index contributed by atoms with van der Waals surface area (Å²) in [5.74, 6) is 0. The van der Waals surface area contributed by atoms with Crippen LogP contribution < -0.4 is 0 Å². The second kappa shape index (κ2) is 3.35. The highest BCUT2D eigenvalue weighted by Crippen LogP contribution is 2.14. The molecule has 2 heteroatoms. The van der Waals surface area contributed by atoms with Gasteiger partial charge in [-0.15, -0.1) is 0 Å². The molecule has 0 aliphatic heterocycles. The highest BCUT2D eigenvalue weighted by molar-refractivity contribution is 5.57. The van der Waals surface area contributed by atoms with Crippen molar-refractivity contribution in [2.24, 2.45) is 0 Å². The molecule has 0 saturated carbocycles. The average Bonchev–Trinajstić information content (AvgIpc) is 2.19. The first kappa shape index (κ1) is 7.92. The molecule has 2 heterocycles. The van der Waals surface area contributed by atoms with Crippen molar-refractivity contribution in [3.8, 4) is 11.3 Å². The molecule has 1 radical (unpaired) electrons. The minimum atomic E-state index is 0.924. The Hall–Kier alpha value is -1.70. The van der Waals surface area contributed by atoms with Gasteiger partial charge in [0, 0.05) is 18.0 Å². The summed E-state index contributed by atoms with van der Waals surface area (Å²) in [6.07, 6.45) is 6.40. The first-order valence-electron chi connectivity index (χ1n) is 4.12. The molecular weight excluding hydrogens is 160 g/mol. The van der Waals surface area contributed by atoms with Gasteiger partial charge in [0.2, 0.25) is 0 Å². The summed E-state index contributed by atoms with van der Waals surface area (Å²) in [4.78, 5) is 8.16. The Morgan fingerprint density at radius 1 is 1.23 bits per heavy atom. The number of aromatic nitrogens is 2. The first-order valence-corrected chi connectivity index (χ1v) is 4.12. The highest BCUT2D eigenvalue weighted by Gasteiger charge is 1.97. The lowest BCUT2D eigenvalue weighted by molar-refractivity contribution is 1.25. The zero-order chi connectivity index (χ0) is 9.10. The fourth-order valence-electron chi connectivity index (χ4n) is 1.15. The molecule has 13 heavy (non-hydrogen) atoms. The van der Waals surface area contributed by atoms with Gasteiger partial charge in [-0.2, -0.15) is 0 Å². The molecule has 2 aromatic rings. The third kappa shape index (κ3) is 1.72. The van der Waals surface area contributed by atoms with Gasteiger partial charge in [0.1, 0.15) is 0 Å². The van der Waals surface area contributed by atoms with E-state index in [1.807, 2.05) is 31.2 Å². The molecule has 0 bridgehead atoms. The molecule has 0 N–H and O–H groups in total. The van der Waals surface area contributed by atoms with Crippen LogP contribution in [0.2, 0.25) is 0 Å². The van der Waals surface area contributed by atoms with E-state index in [4.69, 9.17) is 0 Å². The van der Waals surface area contributed by atoms with Crippen LogP contribution in [0.4, 0.5) is 0 Å². The molecule has 0 unspecified atom stereocenters. The Kier molecular flexibility index (Phi) is 2.04. The minimum absolute atomic E-state index is 0.924. The van der Waals surface area contributed by atoms with Crippen molar-refractivity contribution in [3.05, 3.63) is 48.4 Å². The molecule has 0 spiro atoms. The van der Waals surface area contributed by atoms with E-state index >= 15 is 0 Å². The maximum Gasteiger partial charge on any atom is 0.0987 e. The van der Waals surface area contributed by atoms with Gasteiger partial charge in [-0.25, -0.2) is 0 Å². The van der Waals surface area contributed by atoms with Gasteiger partial charge in [0.25, 0.3) is 0 Å². The lowest BCUT2D eigenvalue weighted by Crippen LogP contribution is -1.84. The fraction of sp³-hybridized carbons (Fsp3) is 0.0909. The third-order valence-electron chi connectivity index (χ3n) is 1.80. The Balaban J connectivity index is 2.48. The van der Waals surface area contributed by atoms with Gasteiger partial charge in [0.05, 0.1) is 11.9 Å². The second-order valence-electron chi connectivity index (χ2n) is 2.88. The summed E-state index contributed by atoms with van der Waals surface area (Å²) in [6.45, 7) is 2.04. The molecule has 0 aromatic carbocycles. The molecule has 0 aliphatic carbocycles. The van der Waals surface area contributed by atoms with Gasteiger partial charge < -0.3 is 0 Å². The van der Waals surface area contributed by atoms with Crippen molar-refractivity contribution in [1.29, 1.82) is 0 Å². The van der Waals surface area contributed by atoms with Gasteiger partial charge in [-0.05, 0) is 36.8 Å². The summed E-state index contributed by atoms with van der Waals surface area (Å²) in [5.41, 5.74) is 3.06. The Labute approximate surface area is 77.3 Å². The van der Waals surface area contributed by atoms with Crippen molar-refractivity contribution in [2.75, 3.05) is 0 Å². The summed E-state index contributed by atoms with van der Waals surface area (Å²) >= 11 is 0. The van der Waals surface area contributed by atoms with Crippen LogP contribution in [0.5, 0.6) is 0 Å².